The lowest BCUT2D eigenvalue weighted by Gasteiger charge is -2.46. The summed E-state index contributed by atoms with van der Waals surface area (Å²) in [6.07, 6.45) is 5.66. The first-order valence-corrected chi connectivity index (χ1v) is 11.3. The number of H-pyrrole nitrogens is 1. The number of carbonyl (C=O) groups is 1. The van der Waals surface area contributed by atoms with E-state index in [4.69, 9.17) is 0 Å². The number of hydrogen-bond donors (Lipinski definition) is 2. The van der Waals surface area contributed by atoms with Crippen LogP contribution in [-0.4, -0.2) is 45.2 Å². The molecule has 0 aliphatic carbocycles. The van der Waals surface area contributed by atoms with Gasteiger partial charge in [-0.3, -0.25) is 19.3 Å². The van der Waals surface area contributed by atoms with Crippen molar-refractivity contribution in [3.05, 3.63) is 74.6 Å². The summed E-state index contributed by atoms with van der Waals surface area (Å²) in [5, 5.41) is 14.0. The molecule has 1 fully saturated rings. The van der Waals surface area contributed by atoms with Gasteiger partial charge in [0, 0.05) is 56.0 Å². The molecule has 2 N–H and O–H groups in total. The Morgan fingerprint density at radius 1 is 1.27 bits per heavy atom. The van der Waals surface area contributed by atoms with E-state index in [9.17, 15) is 9.59 Å². The van der Waals surface area contributed by atoms with E-state index < -0.39 is 6.04 Å². The summed E-state index contributed by atoms with van der Waals surface area (Å²) in [5.74, 6) is 0.349. The summed E-state index contributed by atoms with van der Waals surface area (Å²) < 4.78 is 1.76. The van der Waals surface area contributed by atoms with Gasteiger partial charge >= 0.3 is 0 Å². The number of pyridine rings is 1. The zero-order valence-electron chi connectivity index (χ0n) is 16.7. The van der Waals surface area contributed by atoms with Gasteiger partial charge in [-0.2, -0.15) is 16.4 Å². The second-order valence-electron chi connectivity index (χ2n) is 8.26. The quantitative estimate of drug-likeness (QED) is 0.636. The molecule has 3 atom stereocenters. The monoisotopic (exact) mass is 423 g/mol. The van der Waals surface area contributed by atoms with E-state index in [1.165, 1.54) is 5.56 Å². The molecule has 30 heavy (non-hydrogen) atoms. The predicted octanol–water partition coefficient (Wildman–Crippen LogP) is 2.15. The maximum atomic E-state index is 13.3. The number of piperidine rings is 1. The average Bonchev–Trinajstić information content (AvgIpc) is 3.45. The number of aromatic nitrogens is 3. The van der Waals surface area contributed by atoms with E-state index in [0.717, 1.165) is 43.7 Å². The van der Waals surface area contributed by atoms with Crippen LogP contribution in [0.25, 0.3) is 0 Å². The Morgan fingerprint density at radius 2 is 2.20 bits per heavy atom. The molecule has 1 saturated heterocycles. The van der Waals surface area contributed by atoms with Crippen LogP contribution in [0.4, 0.5) is 0 Å². The SMILES string of the molecule is O=C(NCc1ccsc1)[C@H]1[C@H]2C[C@H](CN(CCc3cn[nH]c3)C2)c2cccc(=O)n21. The van der Waals surface area contributed by atoms with E-state index in [1.807, 2.05) is 41.4 Å². The van der Waals surface area contributed by atoms with E-state index in [-0.39, 0.29) is 23.3 Å². The van der Waals surface area contributed by atoms with Crippen molar-refractivity contribution in [3.8, 4) is 0 Å². The number of fused-ring (bicyclic) bond motifs is 4. The summed E-state index contributed by atoms with van der Waals surface area (Å²) >= 11 is 1.62. The Kier molecular flexibility index (Phi) is 5.26. The summed E-state index contributed by atoms with van der Waals surface area (Å²) in [6.45, 7) is 3.16. The molecule has 8 heteroatoms. The summed E-state index contributed by atoms with van der Waals surface area (Å²) in [5.41, 5.74) is 3.19. The molecule has 0 spiro atoms. The van der Waals surface area contributed by atoms with Crippen LogP contribution in [0, 0.1) is 5.92 Å². The third-order valence-corrected chi connectivity index (χ3v) is 7.04. The Bertz CT molecular complexity index is 1060. The molecule has 2 aliphatic heterocycles. The number of likely N-dealkylation sites (tertiary alicyclic amines) is 1. The Balaban J connectivity index is 1.38. The molecule has 0 saturated carbocycles. The minimum atomic E-state index is -0.458. The number of hydrogen-bond acceptors (Lipinski definition) is 5. The fourth-order valence-corrected chi connectivity index (χ4v) is 5.60. The van der Waals surface area contributed by atoms with Gasteiger partial charge in [0.05, 0.1) is 6.20 Å². The number of nitrogens with one attached hydrogen (secondary N) is 2. The molecule has 0 radical (unpaired) electrons. The molecule has 3 aromatic heterocycles. The molecule has 5 rings (SSSR count). The van der Waals surface area contributed by atoms with Crippen LogP contribution in [0.15, 0.2) is 52.2 Å². The summed E-state index contributed by atoms with van der Waals surface area (Å²) in [7, 11) is 0. The highest BCUT2D eigenvalue weighted by molar-refractivity contribution is 7.07. The number of rotatable bonds is 6. The molecule has 0 aromatic carbocycles. The lowest BCUT2D eigenvalue weighted by atomic mass is 9.78. The normalized spacial score (nSPS) is 23.1. The van der Waals surface area contributed by atoms with Crippen molar-refractivity contribution in [2.75, 3.05) is 19.6 Å². The highest BCUT2D eigenvalue weighted by Crippen LogP contribution is 2.41. The van der Waals surface area contributed by atoms with Crippen LogP contribution >= 0.6 is 11.3 Å². The Morgan fingerprint density at radius 3 is 3.00 bits per heavy atom. The first-order valence-electron chi connectivity index (χ1n) is 10.4. The number of aromatic amines is 1. The van der Waals surface area contributed by atoms with Crippen molar-refractivity contribution < 1.29 is 4.79 Å². The number of nitrogens with zero attached hydrogens (tertiary/aromatic N) is 3. The lowest BCUT2D eigenvalue weighted by Crippen LogP contribution is -2.53. The van der Waals surface area contributed by atoms with E-state index in [0.29, 0.717) is 6.54 Å². The van der Waals surface area contributed by atoms with Crippen molar-refractivity contribution in [3.63, 3.8) is 0 Å². The van der Waals surface area contributed by atoms with Crippen molar-refractivity contribution in [1.29, 1.82) is 0 Å². The van der Waals surface area contributed by atoms with Crippen molar-refractivity contribution >= 4 is 17.2 Å². The molecule has 1 amide bonds. The maximum Gasteiger partial charge on any atom is 0.251 e. The zero-order valence-corrected chi connectivity index (χ0v) is 17.5. The predicted molar refractivity (Wildman–Crippen MR) is 115 cm³/mol. The van der Waals surface area contributed by atoms with Crippen LogP contribution in [0.2, 0.25) is 0 Å². The van der Waals surface area contributed by atoms with E-state index in [2.05, 4.69) is 20.4 Å². The third-order valence-electron chi connectivity index (χ3n) is 6.31. The second-order valence-corrected chi connectivity index (χ2v) is 9.04. The van der Waals surface area contributed by atoms with Gasteiger partial charge in [0.25, 0.3) is 5.56 Å². The topological polar surface area (TPSA) is 83.0 Å². The molecular weight excluding hydrogens is 398 g/mol. The smallest absolute Gasteiger partial charge is 0.251 e. The Labute approximate surface area is 178 Å². The molecule has 3 aromatic rings. The van der Waals surface area contributed by atoms with Gasteiger partial charge in [0.2, 0.25) is 5.91 Å². The van der Waals surface area contributed by atoms with Gasteiger partial charge in [-0.1, -0.05) is 6.07 Å². The highest BCUT2D eigenvalue weighted by Gasteiger charge is 2.43. The molecular formula is C22H25N5O2S. The number of thiophene rings is 1. The van der Waals surface area contributed by atoms with E-state index >= 15 is 0 Å². The van der Waals surface area contributed by atoms with Crippen LogP contribution in [0.1, 0.15) is 35.2 Å². The summed E-state index contributed by atoms with van der Waals surface area (Å²) in [4.78, 5) is 28.5. The molecule has 2 aliphatic rings. The third kappa shape index (κ3) is 3.73. The highest BCUT2D eigenvalue weighted by atomic mass is 32.1. The minimum absolute atomic E-state index is 0.0594. The number of carbonyl (C=O) groups excluding carboxylic acids is 1. The molecule has 5 heterocycles. The van der Waals surface area contributed by atoms with Gasteiger partial charge < -0.3 is 10.2 Å². The molecule has 0 unspecified atom stereocenters. The average molecular weight is 424 g/mol. The maximum absolute atomic E-state index is 13.3. The standard InChI is InChI=1S/C22H25N5O2S/c28-20-3-1-2-19-17-8-18(13-26(12-17)6-4-15-10-24-25-11-15)21(27(19)20)22(29)23-9-16-5-7-30-14-16/h1-3,5,7,10-11,14,17-18,21H,4,6,8-9,12-13H2,(H,23,29)(H,24,25)/t17-,18+,21-/m1/s1. The van der Waals surface area contributed by atoms with Crippen LogP contribution in [0.3, 0.4) is 0 Å². The van der Waals surface area contributed by atoms with Crippen LogP contribution < -0.4 is 10.9 Å². The van der Waals surface area contributed by atoms with Gasteiger partial charge in [0.15, 0.2) is 0 Å². The lowest BCUT2D eigenvalue weighted by molar-refractivity contribution is -0.127. The van der Waals surface area contributed by atoms with Crippen LogP contribution in [0.5, 0.6) is 0 Å². The van der Waals surface area contributed by atoms with Gasteiger partial charge in [0.1, 0.15) is 6.04 Å². The van der Waals surface area contributed by atoms with Crippen molar-refractivity contribution in [2.45, 2.75) is 31.3 Å². The number of amides is 1. The fourth-order valence-electron chi connectivity index (χ4n) is 4.94. The second kappa shape index (κ2) is 8.20. The first-order chi connectivity index (χ1) is 14.7. The minimum Gasteiger partial charge on any atom is -0.350 e. The van der Waals surface area contributed by atoms with Gasteiger partial charge in [-0.15, -0.1) is 0 Å². The molecule has 156 valence electrons. The molecule has 7 nitrogen and oxygen atoms in total. The van der Waals surface area contributed by atoms with Crippen molar-refractivity contribution in [2.24, 2.45) is 5.92 Å². The largest absolute Gasteiger partial charge is 0.350 e. The van der Waals surface area contributed by atoms with Crippen molar-refractivity contribution in [1.82, 2.24) is 25.0 Å². The zero-order chi connectivity index (χ0) is 20.5. The van der Waals surface area contributed by atoms with Crippen LogP contribution in [-0.2, 0) is 17.8 Å². The Hall–Kier alpha value is -2.71. The fraction of sp³-hybridized carbons (Fsp3) is 0.409. The van der Waals surface area contributed by atoms with Gasteiger partial charge in [-0.25, -0.2) is 0 Å². The summed E-state index contributed by atoms with van der Waals surface area (Å²) in [6, 6.07) is 6.96. The molecule has 2 bridgehead atoms. The van der Waals surface area contributed by atoms with Gasteiger partial charge in [-0.05, 0) is 46.9 Å². The van der Waals surface area contributed by atoms with E-state index in [1.54, 1.807) is 22.0 Å². The first kappa shape index (κ1) is 19.3.